The quantitative estimate of drug-likeness (QED) is 0.173. The molecule has 0 fully saturated rings. The molecule has 5 heteroatoms. The van der Waals surface area contributed by atoms with Crippen LogP contribution in [0.1, 0.15) is 134 Å². The zero-order chi connectivity index (χ0) is 30.2. The molecule has 0 amide bonds. The van der Waals surface area contributed by atoms with Crippen molar-refractivity contribution in [3.05, 3.63) is 79.4 Å². The Labute approximate surface area is 289 Å². The number of fused-ring (bicyclic) bond motifs is 2. The van der Waals surface area contributed by atoms with Gasteiger partial charge in [0.05, 0.1) is 0 Å². The van der Waals surface area contributed by atoms with E-state index in [2.05, 4.69) is 120 Å². The fraction of sp³-hybridized carbons (Fsp3) is 0.579. The Morgan fingerprint density at radius 2 is 0.814 bits per heavy atom. The van der Waals surface area contributed by atoms with Crippen LogP contribution in [0.2, 0.25) is 0 Å². The fourth-order valence-electron chi connectivity index (χ4n) is 7.24. The van der Waals surface area contributed by atoms with Crippen LogP contribution in [0.25, 0.3) is 12.2 Å². The molecule has 0 bridgehead atoms. The Morgan fingerprint density at radius 1 is 0.535 bits per heavy atom. The van der Waals surface area contributed by atoms with Crippen molar-refractivity contribution in [2.75, 3.05) is 0 Å². The zero-order valence-electron chi connectivity index (χ0n) is 28.9. The van der Waals surface area contributed by atoms with Gasteiger partial charge in [-0.15, -0.1) is 0 Å². The molecule has 2 aromatic carbocycles. The second kappa shape index (κ2) is 16.8. The third-order valence-electron chi connectivity index (χ3n) is 10.4. The molecule has 0 heterocycles. The molecule has 236 valence electrons. The van der Waals surface area contributed by atoms with Crippen LogP contribution in [0, 0.1) is 27.7 Å². The first-order chi connectivity index (χ1) is 19.5. The average Bonchev–Trinajstić information content (AvgIpc) is 3.53. The maximum absolute atomic E-state index is 2.74. The second-order valence-electron chi connectivity index (χ2n) is 13.1. The van der Waals surface area contributed by atoms with Crippen LogP contribution in [-0.4, -0.2) is 22.6 Å². The molecule has 0 nitrogen and oxygen atoms in total. The van der Waals surface area contributed by atoms with E-state index in [0.717, 1.165) is 22.6 Å². The third-order valence-corrected chi connectivity index (χ3v) is 21.3. The first-order valence-corrected chi connectivity index (χ1v) is 21.2. The number of allylic oxidation sites excluding steroid dienone is 2. The van der Waals surface area contributed by atoms with E-state index in [1.54, 1.807) is 22.3 Å². The van der Waals surface area contributed by atoms with E-state index in [-0.39, 0.29) is 59.8 Å². The van der Waals surface area contributed by atoms with Crippen molar-refractivity contribution in [2.24, 2.45) is 0 Å². The molecule has 0 aliphatic heterocycles. The molecule has 43 heavy (non-hydrogen) atoms. The number of halogens is 2. The molecule has 0 saturated carbocycles. The van der Waals surface area contributed by atoms with Crippen molar-refractivity contribution in [1.29, 1.82) is 0 Å². The minimum absolute atomic E-state index is 0. The van der Waals surface area contributed by atoms with E-state index in [4.69, 9.17) is 0 Å². The summed E-state index contributed by atoms with van der Waals surface area (Å²) in [5, 5.41) is 3.73. The molecule has 0 N–H and O–H groups in total. The number of rotatable bonds is 12. The molecule has 0 radical (unpaired) electrons. The predicted octanol–water partition coefficient (Wildman–Crippen LogP) is 6.66. The van der Waals surface area contributed by atoms with E-state index in [0.29, 0.717) is 8.45 Å². The van der Waals surface area contributed by atoms with Gasteiger partial charge in [0, 0.05) is 0 Å². The summed E-state index contributed by atoms with van der Waals surface area (Å²) in [5.74, 6) is 0. The predicted molar refractivity (Wildman–Crippen MR) is 186 cm³/mol. The largest absolute Gasteiger partial charge is 1.00 e. The fourth-order valence-corrected chi connectivity index (χ4v) is 19.0. The molecule has 6 unspecified atom stereocenters. The van der Waals surface area contributed by atoms with Gasteiger partial charge < -0.3 is 24.8 Å². The molecular weight excluding hydrogens is 637 g/mol. The van der Waals surface area contributed by atoms with E-state index < -0.39 is 0 Å². The van der Waals surface area contributed by atoms with Crippen molar-refractivity contribution >= 4 is 28.0 Å². The van der Waals surface area contributed by atoms with E-state index in [1.807, 2.05) is 10.6 Å². The number of hydrogen-bond acceptors (Lipinski definition) is 0. The van der Waals surface area contributed by atoms with Gasteiger partial charge in [-0.1, -0.05) is 0 Å². The summed E-state index contributed by atoms with van der Waals surface area (Å²) in [6.07, 6.45) is 10.6. The maximum Gasteiger partial charge on any atom is -1.00 e. The molecule has 4 rings (SSSR count). The number of aryl methyl sites for hydroxylation is 4. The van der Waals surface area contributed by atoms with Gasteiger partial charge in [0.2, 0.25) is 0 Å². The van der Waals surface area contributed by atoms with Gasteiger partial charge in [-0.25, -0.2) is 0 Å². The molecule has 6 atom stereocenters. The van der Waals surface area contributed by atoms with Gasteiger partial charge in [0.15, 0.2) is 0 Å². The molecule has 0 spiro atoms. The van der Waals surface area contributed by atoms with Crippen LogP contribution in [0.15, 0.2) is 34.9 Å². The minimum atomic E-state index is -0.390. The number of hydrogen-bond donors (Lipinski definition) is 0. The van der Waals surface area contributed by atoms with Crippen LogP contribution in [0.4, 0.5) is 0 Å². The standard InChI is InChI=1S/2C19H28P.2ClH.Ti/c2*1-7-15(5)20(16(6)8-2)17-11-18-13(3)9-10-14(4)19(18)12-17;;;/h2*9-12,15-16H,7-8H2,1-6H3;2*1H;/q;;;;+2/p-2. The van der Waals surface area contributed by atoms with Crippen LogP contribution < -0.4 is 24.8 Å². The second-order valence-corrected chi connectivity index (χ2v) is 21.6. The van der Waals surface area contributed by atoms with Crippen LogP contribution >= 0.6 is 15.8 Å². The van der Waals surface area contributed by atoms with Gasteiger partial charge in [0.25, 0.3) is 0 Å². The topological polar surface area (TPSA) is 0 Å². The first-order valence-electron chi connectivity index (χ1n) is 16.5. The van der Waals surface area contributed by atoms with Crippen molar-refractivity contribution in [3.8, 4) is 0 Å². The monoisotopic (exact) mass is 692 g/mol. The third kappa shape index (κ3) is 7.63. The van der Waals surface area contributed by atoms with Crippen molar-refractivity contribution < 1.29 is 44.0 Å². The van der Waals surface area contributed by atoms with E-state index >= 15 is 0 Å². The van der Waals surface area contributed by atoms with Crippen molar-refractivity contribution in [1.82, 2.24) is 0 Å². The number of benzene rings is 2. The molecule has 2 aromatic rings. The average molecular weight is 694 g/mol. The zero-order valence-corrected chi connectivity index (χ0v) is 33.8. The smallest absolute Gasteiger partial charge is 1.00 e. The van der Waals surface area contributed by atoms with Gasteiger partial charge in [-0.2, -0.15) is 0 Å². The summed E-state index contributed by atoms with van der Waals surface area (Å²) in [5.41, 5.74) is 15.8. The minimum Gasteiger partial charge on any atom is -1.00 e. The van der Waals surface area contributed by atoms with Crippen LogP contribution in [-0.2, 0) is 19.2 Å². The molecule has 2 aliphatic rings. The Hall–Kier alpha value is 0.0743. The maximum atomic E-state index is 2.74. The molecule has 2 aliphatic carbocycles. The van der Waals surface area contributed by atoms with Gasteiger partial charge >= 0.3 is 266 Å². The van der Waals surface area contributed by atoms with Crippen molar-refractivity contribution in [2.45, 2.75) is 140 Å². The summed E-state index contributed by atoms with van der Waals surface area (Å²) in [7, 11) is -0.357. The van der Waals surface area contributed by atoms with E-state index in [9.17, 15) is 0 Å². The molecule has 0 saturated heterocycles. The summed E-state index contributed by atoms with van der Waals surface area (Å²) in [6, 6.07) is 9.63. The van der Waals surface area contributed by atoms with Gasteiger partial charge in [0.1, 0.15) is 0 Å². The Balaban J connectivity index is 0.00000323. The Morgan fingerprint density at radius 3 is 1.09 bits per heavy atom. The Bertz CT molecular complexity index is 1200. The van der Waals surface area contributed by atoms with Crippen LogP contribution in [0.5, 0.6) is 0 Å². The summed E-state index contributed by atoms with van der Waals surface area (Å²) in [6.45, 7) is 29.5. The normalized spacial score (nSPS) is 21.1. The SMILES string of the molecule is CCC(C)P(C1=Cc2c(C)ccc(C)c2[CH]1[Ti+2][CH]1C(P(C(C)CC)C(C)CC)=Cc2c(C)ccc(C)c21)C(C)CC.[Cl-].[Cl-]. The molecule has 0 aromatic heterocycles. The molecular formula is C38H56Cl2P2Ti. The van der Waals surface area contributed by atoms with E-state index in [1.165, 1.54) is 47.9 Å². The van der Waals surface area contributed by atoms with Crippen molar-refractivity contribution in [3.63, 3.8) is 0 Å². The Kier molecular flexibility index (Phi) is 15.3. The van der Waals surface area contributed by atoms with Gasteiger partial charge in [-0.05, 0) is 0 Å². The summed E-state index contributed by atoms with van der Waals surface area (Å²) >= 11 is -0.390. The summed E-state index contributed by atoms with van der Waals surface area (Å²) < 4.78 is 1.31. The van der Waals surface area contributed by atoms with Crippen LogP contribution in [0.3, 0.4) is 0 Å². The first kappa shape index (κ1) is 39.3. The summed E-state index contributed by atoms with van der Waals surface area (Å²) in [4.78, 5) is 0. The van der Waals surface area contributed by atoms with Gasteiger partial charge in [-0.3, -0.25) is 0 Å².